The lowest BCUT2D eigenvalue weighted by Gasteiger charge is -2.23. The highest BCUT2D eigenvalue weighted by atomic mass is 35.5. The van der Waals surface area contributed by atoms with Crippen LogP contribution in [-0.4, -0.2) is 39.1 Å². The Kier molecular flexibility index (Phi) is 8.09. The smallest absolute Gasteiger partial charge is 0.432 e. The lowest BCUT2D eigenvalue weighted by molar-refractivity contribution is 0.0541. The Bertz CT molecular complexity index is 651. The fourth-order valence-corrected chi connectivity index (χ4v) is 2.40. The number of anilines is 1. The number of benzene rings is 2. The van der Waals surface area contributed by atoms with E-state index in [1.165, 1.54) is 0 Å². The van der Waals surface area contributed by atoms with E-state index in [1.54, 1.807) is 24.3 Å². The van der Waals surface area contributed by atoms with Crippen LogP contribution in [-0.2, 0) is 9.47 Å². The zero-order valence-electron chi connectivity index (χ0n) is 14.2. The second-order valence-corrected chi connectivity index (χ2v) is 5.62. The molecule has 0 bridgehead atoms. The largest absolute Gasteiger partial charge is 0.513 e. The maximum Gasteiger partial charge on any atom is 0.513 e. The summed E-state index contributed by atoms with van der Waals surface area (Å²) >= 11 is 6.02. The number of carbonyl (C=O) groups is 1. The Labute approximate surface area is 153 Å². The fraction of sp³-hybridized carbons (Fsp3) is 0.316. The van der Waals surface area contributed by atoms with E-state index in [0.29, 0.717) is 24.0 Å². The number of carbonyl (C=O) groups excluding carboxylic acids is 1. The number of ether oxygens (including phenoxy) is 3. The molecular formula is C19H22ClNO4. The van der Waals surface area contributed by atoms with E-state index in [0.717, 1.165) is 18.8 Å². The highest BCUT2D eigenvalue weighted by molar-refractivity contribution is 6.30. The highest BCUT2D eigenvalue weighted by Gasteiger charge is 2.06. The number of hydrogen-bond donors (Lipinski definition) is 0. The van der Waals surface area contributed by atoms with Crippen LogP contribution in [0.1, 0.15) is 6.92 Å². The van der Waals surface area contributed by atoms with Gasteiger partial charge in [0.1, 0.15) is 12.4 Å². The van der Waals surface area contributed by atoms with Gasteiger partial charge in [0.25, 0.3) is 0 Å². The molecule has 0 amide bonds. The van der Waals surface area contributed by atoms with Crippen molar-refractivity contribution in [2.45, 2.75) is 6.92 Å². The number of para-hydroxylation sites is 1. The predicted molar refractivity (Wildman–Crippen MR) is 98.6 cm³/mol. The van der Waals surface area contributed by atoms with Gasteiger partial charge in [-0.25, -0.2) is 4.79 Å². The summed E-state index contributed by atoms with van der Waals surface area (Å²) in [5, 5.41) is 0.710. The molecule has 0 atom stereocenters. The lowest BCUT2D eigenvalue weighted by Crippen LogP contribution is -2.27. The van der Waals surface area contributed by atoms with Crippen LogP contribution in [0.15, 0.2) is 54.6 Å². The molecule has 0 aliphatic carbocycles. The number of nitrogens with zero attached hydrogens (tertiary/aromatic N) is 1. The Morgan fingerprint density at radius 1 is 1.04 bits per heavy atom. The molecule has 6 heteroatoms. The lowest BCUT2D eigenvalue weighted by atomic mass is 10.3. The SMILES string of the molecule is CCN(CCOCCOC(=O)Oc1ccccc1)c1cccc(Cl)c1. The fourth-order valence-electron chi connectivity index (χ4n) is 2.22. The topological polar surface area (TPSA) is 48.0 Å². The van der Waals surface area contributed by atoms with Crippen molar-refractivity contribution in [3.63, 3.8) is 0 Å². The summed E-state index contributed by atoms with van der Waals surface area (Å²) in [6.07, 6.45) is -0.732. The molecule has 0 radical (unpaired) electrons. The van der Waals surface area contributed by atoms with Crippen LogP contribution < -0.4 is 9.64 Å². The van der Waals surface area contributed by atoms with Crippen LogP contribution in [0, 0.1) is 0 Å². The third-order valence-electron chi connectivity index (χ3n) is 3.45. The molecule has 0 aliphatic rings. The molecule has 0 unspecified atom stereocenters. The second-order valence-electron chi connectivity index (χ2n) is 5.19. The van der Waals surface area contributed by atoms with E-state index >= 15 is 0 Å². The quantitative estimate of drug-likeness (QED) is 0.375. The highest BCUT2D eigenvalue weighted by Crippen LogP contribution is 2.19. The minimum Gasteiger partial charge on any atom is -0.432 e. The Morgan fingerprint density at radius 2 is 1.84 bits per heavy atom. The average Bonchev–Trinajstić information content (AvgIpc) is 2.62. The number of hydrogen-bond acceptors (Lipinski definition) is 5. The van der Waals surface area contributed by atoms with Crippen molar-refractivity contribution in [1.82, 2.24) is 0 Å². The van der Waals surface area contributed by atoms with Gasteiger partial charge < -0.3 is 19.1 Å². The number of likely N-dealkylation sites (N-methyl/N-ethyl adjacent to an activating group) is 1. The van der Waals surface area contributed by atoms with Crippen LogP contribution in [0.2, 0.25) is 5.02 Å². The molecular weight excluding hydrogens is 342 g/mol. The first-order valence-corrected chi connectivity index (χ1v) is 8.54. The van der Waals surface area contributed by atoms with E-state index in [-0.39, 0.29) is 6.61 Å². The zero-order chi connectivity index (χ0) is 17.9. The summed E-state index contributed by atoms with van der Waals surface area (Å²) in [5.41, 5.74) is 1.06. The summed E-state index contributed by atoms with van der Waals surface area (Å²) in [6, 6.07) is 16.5. The van der Waals surface area contributed by atoms with Crippen molar-refractivity contribution < 1.29 is 19.0 Å². The molecule has 0 saturated heterocycles. The Morgan fingerprint density at radius 3 is 2.56 bits per heavy atom. The third kappa shape index (κ3) is 7.03. The third-order valence-corrected chi connectivity index (χ3v) is 3.69. The van der Waals surface area contributed by atoms with E-state index in [4.69, 9.17) is 25.8 Å². The number of rotatable bonds is 9. The maximum atomic E-state index is 11.5. The van der Waals surface area contributed by atoms with Gasteiger partial charge in [-0.2, -0.15) is 0 Å². The minimum atomic E-state index is -0.732. The molecule has 0 heterocycles. The van der Waals surface area contributed by atoms with Gasteiger partial charge in [-0.05, 0) is 37.3 Å². The predicted octanol–water partition coefficient (Wildman–Crippen LogP) is 4.40. The monoisotopic (exact) mass is 363 g/mol. The molecule has 2 aromatic rings. The standard InChI is InChI=1S/C19H22ClNO4/c1-2-21(17-8-6-7-16(20)15-17)11-12-23-13-14-24-19(22)25-18-9-4-3-5-10-18/h3-10,15H,2,11-14H2,1H3. The Hall–Kier alpha value is -2.24. The molecule has 0 aromatic heterocycles. The summed E-state index contributed by atoms with van der Waals surface area (Å²) in [4.78, 5) is 13.7. The molecule has 2 rings (SSSR count). The second kappa shape index (κ2) is 10.6. The van der Waals surface area contributed by atoms with E-state index in [1.807, 2.05) is 30.3 Å². The molecule has 0 fully saturated rings. The van der Waals surface area contributed by atoms with Crippen molar-refractivity contribution in [1.29, 1.82) is 0 Å². The molecule has 134 valence electrons. The van der Waals surface area contributed by atoms with Gasteiger partial charge in [-0.15, -0.1) is 0 Å². The van der Waals surface area contributed by atoms with Crippen molar-refractivity contribution in [3.05, 3.63) is 59.6 Å². The van der Waals surface area contributed by atoms with Gasteiger partial charge in [0.05, 0.1) is 13.2 Å². The van der Waals surface area contributed by atoms with Crippen molar-refractivity contribution in [2.24, 2.45) is 0 Å². The first-order chi connectivity index (χ1) is 12.2. The molecule has 0 aliphatic heterocycles. The zero-order valence-corrected chi connectivity index (χ0v) is 14.9. The van der Waals surface area contributed by atoms with Crippen molar-refractivity contribution >= 4 is 23.4 Å². The van der Waals surface area contributed by atoms with E-state index < -0.39 is 6.16 Å². The average molecular weight is 364 g/mol. The molecule has 5 nitrogen and oxygen atoms in total. The van der Waals surface area contributed by atoms with Gasteiger partial charge in [0.2, 0.25) is 0 Å². The Balaban J connectivity index is 1.60. The van der Waals surface area contributed by atoms with Gasteiger partial charge in [0, 0.05) is 23.8 Å². The minimum absolute atomic E-state index is 0.148. The van der Waals surface area contributed by atoms with E-state index in [2.05, 4.69) is 11.8 Å². The van der Waals surface area contributed by atoms with Crippen LogP contribution in [0.5, 0.6) is 5.75 Å². The maximum absolute atomic E-state index is 11.5. The summed E-state index contributed by atoms with van der Waals surface area (Å²) < 4.78 is 15.5. The normalized spacial score (nSPS) is 10.3. The molecule has 25 heavy (non-hydrogen) atoms. The molecule has 0 spiro atoms. The van der Waals surface area contributed by atoms with Crippen LogP contribution in [0.4, 0.5) is 10.5 Å². The van der Waals surface area contributed by atoms with Crippen molar-refractivity contribution in [2.75, 3.05) is 37.8 Å². The first-order valence-electron chi connectivity index (χ1n) is 8.17. The van der Waals surface area contributed by atoms with Crippen molar-refractivity contribution in [3.8, 4) is 5.75 Å². The van der Waals surface area contributed by atoms with Crippen LogP contribution in [0.3, 0.4) is 0 Å². The molecule has 0 saturated carbocycles. The molecule has 2 aromatic carbocycles. The van der Waals surface area contributed by atoms with Crippen LogP contribution in [0.25, 0.3) is 0 Å². The molecule has 0 N–H and O–H groups in total. The summed E-state index contributed by atoms with van der Waals surface area (Å²) in [7, 11) is 0. The van der Waals surface area contributed by atoms with Gasteiger partial charge in [-0.1, -0.05) is 35.9 Å². The van der Waals surface area contributed by atoms with E-state index in [9.17, 15) is 4.79 Å². The van der Waals surface area contributed by atoms with Gasteiger partial charge in [-0.3, -0.25) is 0 Å². The van der Waals surface area contributed by atoms with Crippen LogP contribution >= 0.6 is 11.6 Å². The van der Waals surface area contributed by atoms with Gasteiger partial charge >= 0.3 is 6.16 Å². The first kappa shape index (κ1) is 19.1. The van der Waals surface area contributed by atoms with Gasteiger partial charge in [0.15, 0.2) is 0 Å². The summed E-state index contributed by atoms with van der Waals surface area (Å²) in [5.74, 6) is 0.452. The summed E-state index contributed by atoms with van der Waals surface area (Å²) in [6.45, 7) is 4.64. The number of halogens is 1.